The van der Waals surface area contributed by atoms with Crippen LogP contribution >= 0.6 is 0 Å². The highest BCUT2D eigenvalue weighted by Crippen LogP contribution is 2.40. The van der Waals surface area contributed by atoms with Crippen molar-refractivity contribution in [1.82, 2.24) is 4.90 Å². The number of likely N-dealkylation sites (tertiary alicyclic amines) is 1. The zero-order valence-corrected chi connectivity index (χ0v) is 13.9. The Morgan fingerprint density at radius 1 is 1.29 bits per heavy atom. The summed E-state index contributed by atoms with van der Waals surface area (Å²) in [5.74, 6) is 1.02. The van der Waals surface area contributed by atoms with Crippen LogP contribution in [0.1, 0.15) is 58.4 Å². The predicted molar refractivity (Wildman–Crippen MR) is 89.8 cm³/mol. The van der Waals surface area contributed by atoms with E-state index in [1.807, 2.05) is 12.1 Å². The Hall–Kier alpha value is -1.02. The first-order valence-corrected chi connectivity index (χ1v) is 8.58. The highest BCUT2D eigenvalue weighted by atomic mass is 16.3. The quantitative estimate of drug-likeness (QED) is 0.775. The second kappa shape index (κ2) is 7.31. The van der Waals surface area contributed by atoms with E-state index in [-0.39, 0.29) is 5.41 Å². The Morgan fingerprint density at radius 3 is 2.76 bits per heavy atom. The molecule has 0 aliphatic carbocycles. The second-order valence-electron chi connectivity index (χ2n) is 6.98. The van der Waals surface area contributed by atoms with Gasteiger partial charge in [0.2, 0.25) is 0 Å². The molecule has 1 saturated heterocycles. The van der Waals surface area contributed by atoms with Crippen LogP contribution < -0.4 is 0 Å². The molecule has 21 heavy (non-hydrogen) atoms. The molecule has 2 rings (SSSR count). The van der Waals surface area contributed by atoms with Crippen LogP contribution in [0.2, 0.25) is 0 Å². The summed E-state index contributed by atoms with van der Waals surface area (Å²) in [7, 11) is 0. The lowest BCUT2D eigenvalue weighted by Gasteiger charge is -2.45. The van der Waals surface area contributed by atoms with Crippen molar-refractivity contribution in [3.05, 3.63) is 29.8 Å². The van der Waals surface area contributed by atoms with Gasteiger partial charge in [0.05, 0.1) is 0 Å². The van der Waals surface area contributed by atoms with Gasteiger partial charge in [0.15, 0.2) is 0 Å². The summed E-state index contributed by atoms with van der Waals surface area (Å²) < 4.78 is 0. The number of benzene rings is 1. The number of phenolic OH excluding ortho intramolecular Hbond substituents is 1. The molecule has 0 amide bonds. The first-order valence-electron chi connectivity index (χ1n) is 8.58. The molecular formula is C19H31NO. The van der Waals surface area contributed by atoms with Gasteiger partial charge in [0, 0.05) is 6.54 Å². The Balaban J connectivity index is 1.94. The van der Waals surface area contributed by atoms with Crippen LogP contribution in [0, 0.1) is 5.92 Å². The Morgan fingerprint density at radius 2 is 2.10 bits per heavy atom. The van der Waals surface area contributed by atoms with E-state index in [1.54, 1.807) is 6.07 Å². The summed E-state index contributed by atoms with van der Waals surface area (Å²) in [6.07, 6.45) is 6.57. The number of hydrogen-bond donors (Lipinski definition) is 1. The van der Waals surface area contributed by atoms with E-state index in [4.69, 9.17) is 0 Å². The molecule has 2 heteroatoms. The molecule has 1 fully saturated rings. The number of unbranched alkanes of at least 4 members (excludes halogenated alkanes) is 3. The summed E-state index contributed by atoms with van der Waals surface area (Å²) in [5.41, 5.74) is 1.49. The van der Waals surface area contributed by atoms with Crippen LogP contribution in [-0.2, 0) is 5.41 Å². The first-order chi connectivity index (χ1) is 10.1. The molecule has 2 atom stereocenters. The third-order valence-corrected chi connectivity index (χ3v) is 5.40. The number of aromatic hydroxyl groups is 1. The summed E-state index contributed by atoms with van der Waals surface area (Å²) >= 11 is 0. The van der Waals surface area contributed by atoms with E-state index in [0.29, 0.717) is 11.7 Å². The topological polar surface area (TPSA) is 23.5 Å². The second-order valence-corrected chi connectivity index (χ2v) is 6.98. The molecule has 2 nitrogen and oxygen atoms in total. The van der Waals surface area contributed by atoms with E-state index in [9.17, 15) is 5.11 Å². The van der Waals surface area contributed by atoms with Crippen molar-refractivity contribution >= 4 is 0 Å². The van der Waals surface area contributed by atoms with Gasteiger partial charge in [-0.05, 0) is 55.0 Å². The molecule has 1 aliphatic rings. The Kier molecular flexibility index (Phi) is 5.69. The summed E-state index contributed by atoms with van der Waals surface area (Å²) in [5, 5.41) is 9.75. The fourth-order valence-electron chi connectivity index (χ4n) is 3.57. The number of hydrogen-bond acceptors (Lipinski definition) is 2. The molecule has 0 saturated carbocycles. The fraction of sp³-hybridized carbons (Fsp3) is 0.684. The molecule has 1 aromatic carbocycles. The lowest BCUT2D eigenvalue weighted by atomic mass is 9.68. The average Bonchev–Trinajstić information content (AvgIpc) is 2.47. The smallest absolute Gasteiger partial charge is 0.115 e. The molecule has 0 radical (unpaired) electrons. The molecule has 1 N–H and O–H groups in total. The first kappa shape index (κ1) is 16.4. The van der Waals surface area contributed by atoms with Gasteiger partial charge in [-0.25, -0.2) is 0 Å². The number of nitrogens with zero attached hydrogens (tertiary/aromatic N) is 1. The van der Waals surface area contributed by atoms with Crippen LogP contribution in [-0.4, -0.2) is 29.6 Å². The van der Waals surface area contributed by atoms with Crippen LogP contribution in [0.15, 0.2) is 24.3 Å². The van der Waals surface area contributed by atoms with Crippen LogP contribution in [0.5, 0.6) is 5.75 Å². The summed E-state index contributed by atoms with van der Waals surface area (Å²) in [6, 6.07) is 7.86. The van der Waals surface area contributed by atoms with Crippen LogP contribution in [0.25, 0.3) is 0 Å². The minimum Gasteiger partial charge on any atom is -0.508 e. The minimum absolute atomic E-state index is 0.193. The van der Waals surface area contributed by atoms with Crippen molar-refractivity contribution in [1.29, 1.82) is 0 Å². The van der Waals surface area contributed by atoms with Crippen molar-refractivity contribution in [2.45, 2.75) is 58.3 Å². The fourth-order valence-corrected chi connectivity index (χ4v) is 3.57. The largest absolute Gasteiger partial charge is 0.508 e. The van der Waals surface area contributed by atoms with E-state index in [2.05, 4.69) is 31.7 Å². The maximum absolute atomic E-state index is 9.75. The van der Waals surface area contributed by atoms with Crippen LogP contribution in [0.3, 0.4) is 0 Å². The van der Waals surface area contributed by atoms with Crippen molar-refractivity contribution in [2.24, 2.45) is 5.92 Å². The SMILES string of the molecule is CCCCCCN1CC[C@](C)(c2cccc(O)c2)[C@H](C)C1. The van der Waals surface area contributed by atoms with Crippen molar-refractivity contribution in [3.8, 4) is 5.75 Å². The summed E-state index contributed by atoms with van der Waals surface area (Å²) in [4.78, 5) is 2.63. The lowest BCUT2D eigenvalue weighted by Crippen LogP contribution is -2.47. The number of phenols is 1. The molecule has 0 aromatic heterocycles. The molecule has 118 valence electrons. The van der Waals surface area contributed by atoms with E-state index < -0.39 is 0 Å². The van der Waals surface area contributed by atoms with E-state index in [0.717, 1.165) is 0 Å². The van der Waals surface area contributed by atoms with Crippen LogP contribution in [0.4, 0.5) is 0 Å². The monoisotopic (exact) mass is 289 g/mol. The molecule has 1 aliphatic heterocycles. The highest BCUT2D eigenvalue weighted by molar-refractivity contribution is 5.33. The highest BCUT2D eigenvalue weighted by Gasteiger charge is 2.37. The molecule has 0 unspecified atom stereocenters. The predicted octanol–water partition coefficient (Wildman–Crippen LogP) is 4.57. The minimum atomic E-state index is 0.193. The standard InChI is InChI=1S/C19H31NO/c1-4-5-6-7-12-20-13-11-19(3,16(2)15-20)17-9-8-10-18(21)14-17/h8-10,14,16,21H,4-7,11-13,15H2,1-3H3/t16-,19+/m1/s1. The zero-order chi connectivity index (χ0) is 15.3. The molecule has 0 spiro atoms. The van der Waals surface area contributed by atoms with Gasteiger partial charge < -0.3 is 10.0 Å². The third-order valence-electron chi connectivity index (χ3n) is 5.40. The van der Waals surface area contributed by atoms with Gasteiger partial charge in [-0.15, -0.1) is 0 Å². The molecule has 0 bridgehead atoms. The molecule has 1 heterocycles. The zero-order valence-electron chi connectivity index (χ0n) is 13.9. The summed E-state index contributed by atoms with van der Waals surface area (Å²) in [6.45, 7) is 10.6. The maximum Gasteiger partial charge on any atom is 0.115 e. The van der Waals surface area contributed by atoms with Gasteiger partial charge in [-0.1, -0.05) is 52.2 Å². The lowest BCUT2D eigenvalue weighted by molar-refractivity contribution is 0.109. The Bertz CT molecular complexity index is 445. The normalized spacial score (nSPS) is 26.9. The number of piperidine rings is 1. The van der Waals surface area contributed by atoms with Crippen molar-refractivity contribution in [3.63, 3.8) is 0 Å². The van der Waals surface area contributed by atoms with Gasteiger partial charge in [0.1, 0.15) is 5.75 Å². The third kappa shape index (κ3) is 4.00. The van der Waals surface area contributed by atoms with Gasteiger partial charge in [-0.2, -0.15) is 0 Å². The van der Waals surface area contributed by atoms with Gasteiger partial charge in [-0.3, -0.25) is 0 Å². The van der Waals surface area contributed by atoms with E-state index >= 15 is 0 Å². The van der Waals surface area contributed by atoms with Gasteiger partial charge >= 0.3 is 0 Å². The van der Waals surface area contributed by atoms with Gasteiger partial charge in [0.25, 0.3) is 0 Å². The van der Waals surface area contributed by atoms with Crippen molar-refractivity contribution in [2.75, 3.05) is 19.6 Å². The van der Waals surface area contributed by atoms with E-state index in [1.165, 1.54) is 57.3 Å². The van der Waals surface area contributed by atoms with Crippen molar-refractivity contribution < 1.29 is 5.11 Å². The molecular weight excluding hydrogens is 258 g/mol. The average molecular weight is 289 g/mol. The maximum atomic E-state index is 9.75. The molecule has 1 aromatic rings. The Labute approximate surface area is 130 Å². The number of rotatable bonds is 6.